The number of carbonyl (C=O) groups is 2. The van der Waals surface area contributed by atoms with Gasteiger partial charge in [0.15, 0.2) is 0 Å². The van der Waals surface area contributed by atoms with Crippen LogP contribution in [0.5, 0.6) is 0 Å². The van der Waals surface area contributed by atoms with Crippen molar-refractivity contribution in [3.8, 4) is 22.5 Å². The van der Waals surface area contributed by atoms with E-state index < -0.39 is 23.3 Å². The second-order valence-corrected chi connectivity index (χ2v) is 15.9. The van der Waals surface area contributed by atoms with Crippen molar-refractivity contribution in [2.75, 3.05) is 46.2 Å². The lowest BCUT2D eigenvalue weighted by atomic mass is 9.81. The van der Waals surface area contributed by atoms with Crippen LogP contribution in [0, 0.1) is 37.1 Å². The molecule has 8 rings (SSSR count). The number of hydrogen-bond acceptors (Lipinski definition) is 4. The Kier molecular flexibility index (Phi) is 15.9. The molecule has 0 unspecified atom stereocenters. The highest BCUT2D eigenvalue weighted by molar-refractivity contribution is 9.10. The van der Waals surface area contributed by atoms with Crippen molar-refractivity contribution >= 4 is 48.9 Å². The van der Waals surface area contributed by atoms with Gasteiger partial charge >= 0.3 is 0 Å². The molecule has 8 nitrogen and oxygen atoms in total. The van der Waals surface area contributed by atoms with E-state index in [-0.39, 0.29) is 30.7 Å². The number of anilines is 1. The number of aromatic amines is 2. The number of carbonyl (C=O) groups excluding carboxylic acids is 2. The zero-order valence-corrected chi connectivity index (χ0v) is 36.0. The average molecular weight is 896 g/mol. The number of aryl methyl sites for hydroxylation is 2. The molecular weight excluding hydrogens is 846 g/mol. The molecule has 4 aromatic carbocycles. The van der Waals surface area contributed by atoms with Crippen molar-refractivity contribution in [1.82, 2.24) is 25.1 Å². The molecule has 2 aliphatic heterocycles. The Balaban J connectivity index is 0.000000186. The van der Waals surface area contributed by atoms with Crippen LogP contribution in [0.25, 0.3) is 22.5 Å². The number of benzene rings is 4. The number of fused-ring (bicyclic) bond motifs is 2. The Hall–Kier alpha value is -5.53. The molecule has 2 aliphatic rings. The highest BCUT2D eigenvalue weighted by atomic mass is 79.9. The molecule has 0 saturated carbocycles. The summed E-state index contributed by atoms with van der Waals surface area (Å²) in [6, 6.07) is 22.8. The molecule has 3 N–H and O–H groups in total. The Morgan fingerprint density at radius 3 is 1.62 bits per heavy atom. The van der Waals surface area contributed by atoms with Gasteiger partial charge in [-0.2, -0.15) is 7.74 Å². The van der Waals surface area contributed by atoms with Gasteiger partial charge in [0.2, 0.25) is 0 Å². The van der Waals surface area contributed by atoms with E-state index >= 15 is 0 Å². The van der Waals surface area contributed by atoms with Gasteiger partial charge in [-0.25, -0.2) is 17.6 Å². The van der Waals surface area contributed by atoms with E-state index in [2.05, 4.69) is 36.1 Å². The largest absolute Gasteiger partial charge is 0.367 e. The van der Waals surface area contributed by atoms with Crippen LogP contribution in [0.1, 0.15) is 54.4 Å². The highest BCUT2D eigenvalue weighted by Crippen LogP contribution is 2.33. The third-order valence-corrected chi connectivity index (χ3v) is 11.2. The first kappa shape index (κ1) is 46.5. The van der Waals surface area contributed by atoms with Crippen molar-refractivity contribution in [2.24, 2.45) is 0 Å². The fourth-order valence-corrected chi connectivity index (χ4v) is 7.46. The zero-order valence-electron chi connectivity index (χ0n) is 34.5. The minimum absolute atomic E-state index is 0.0174. The van der Waals surface area contributed by atoms with Crippen molar-refractivity contribution in [3.05, 3.63) is 157 Å². The summed E-state index contributed by atoms with van der Waals surface area (Å²) in [4.78, 5) is 35.4. The lowest BCUT2D eigenvalue weighted by Gasteiger charge is -2.30. The average Bonchev–Trinajstić information content (AvgIpc) is 3.86. The maximum Gasteiger partial charge on any atom is 0.253 e. The fourth-order valence-electron chi connectivity index (χ4n) is 7.22. The summed E-state index contributed by atoms with van der Waals surface area (Å²) in [7, 11) is 12.0. The normalized spacial score (nSPS) is 12.6. The lowest BCUT2D eigenvalue weighted by Crippen LogP contribution is -2.30. The summed E-state index contributed by atoms with van der Waals surface area (Å²) < 4.78 is 56.6. The maximum atomic E-state index is 14.2. The summed E-state index contributed by atoms with van der Waals surface area (Å²) in [5.74, 6) is -2.19. The summed E-state index contributed by atoms with van der Waals surface area (Å²) in [6.45, 7) is 7.04. The van der Waals surface area contributed by atoms with E-state index in [9.17, 15) is 27.2 Å². The smallest absolute Gasteiger partial charge is 0.253 e. The van der Waals surface area contributed by atoms with Crippen LogP contribution in [-0.4, -0.2) is 88.3 Å². The molecule has 61 heavy (non-hydrogen) atoms. The standard InChI is InChI=1S/C23H23F2N3O.C13H12F2N2.C10H12BrNO.B2H3/c1-14-11-15(23(29)27(2)3)7-8-21(14)28-10-9-19-16(13-28)12-20(26-19)22-17(24)5-4-6-18(22)25;14-9-2-1-3-10(15)13(9)12-6-8-7-16-5-4-11(8)17-12;1-7-6-8(4-5-9(7)11)10(13)12(2)3;1-2/h4-8,11-12,26H,9-10,13H2,1-3H3;1-3,6,16-17H,4-5,7H2;4-6H,1-3H3;1H3/q;;;-1. The molecule has 0 atom stereocenters. The number of amides is 2. The topological polar surface area (TPSA) is 87.5 Å². The minimum Gasteiger partial charge on any atom is -0.367 e. The number of rotatable bonds is 5. The third-order valence-electron chi connectivity index (χ3n) is 10.3. The molecule has 2 amide bonds. The van der Waals surface area contributed by atoms with Crippen LogP contribution < -0.4 is 10.2 Å². The molecule has 318 valence electrons. The Morgan fingerprint density at radius 2 is 1.15 bits per heavy atom. The predicted molar refractivity (Wildman–Crippen MR) is 244 cm³/mol. The molecule has 15 heteroatoms. The van der Waals surface area contributed by atoms with E-state index in [1.807, 2.05) is 62.4 Å². The minimum atomic E-state index is -0.572. The van der Waals surface area contributed by atoms with Crippen molar-refractivity contribution in [2.45, 2.75) is 39.8 Å². The Bertz CT molecular complexity index is 2440. The van der Waals surface area contributed by atoms with Crippen LogP contribution >= 0.6 is 15.9 Å². The van der Waals surface area contributed by atoms with E-state index in [1.165, 1.54) is 36.4 Å². The molecule has 0 saturated heterocycles. The highest BCUT2D eigenvalue weighted by Gasteiger charge is 2.23. The van der Waals surface area contributed by atoms with Gasteiger partial charge in [-0.15, -0.1) is 0 Å². The summed E-state index contributed by atoms with van der Waals surface area (Å²) in [5, 5.41) is 3.23. The number of hydrogen-bond donors (Lipinski definition) is 3. The Morgan fingerprint density at radius 1 is 0.672 bits per heavy atom. The number of halogens is 5. The van der Waals surface area contributed by atoms with Gasteiger partial charge in [-0.05, 0) is 109 Å². The second kappa shape index (κ2) is 20.8. The number of nitrogens with zero attached hydrogens (tertiary/aromatic N) is 3. The predicted octanol–water partition coefficient (Wildman–Crippen LogP) is 8.03. The number of aromatic nitrogens is 2. The van der Waals surface area contributed by atoms with Gasteiger partial charge < -0.3 is 30.0 Å². The molecule has 0 bridgehead atoms. The molecule has 0 fully saturated rings. The molecule has 4 heterocycles. The van der Waals surface area contributed by atoms with Crippen LogP contribution in [0.4, 0.5) is 23.2 Å². The molecule has 2 radical (unpaired) electrons. The molecule has 0 spiro atoms. The maximum absolute atomic E-state index is 14.2. The van der Waals surface area contributed by atoms with Crippen LogP contribution in [-0.2, 0) is 25.9 Å². The second-order valence-electron chi connectivity index (χ2n) is 15.0. The van der Waals surface area contributed by atoms with Crippen molar-refractivity contribution in [1.29, 1.82) is 0 Å². The van der Waals surface area contributed by atoms with Gasteiger partial charge in [0.25, 0.3) is 11.8 Å². The first-order chi connectivity index (χ1) is 29.1. The number of nitrogens with one attached hydrogen (secondary N) is 3. The molecule has 6 aromatic rings. The van der Waals surface area contributed by atoms with E-state index in [1.54, 1.807) is 38.0 Å². The van der Waals surface area contributed by atoms with E-state index in [4.69, 9.17) is 7.74 Å². The van der Waals surface area contributed by atoms with E-state index in [0.717, 1.165) is 81.8 Å². The summed E-state index contributed by atoms with van der Waals surface area (Å²) in [6.07, 6.45) is 1.62. The first-order valence-electron chi connectivity index (χ1n) is 19.2. The SMILES string of the molecule is Cc1cc(C(=O)N(C)C)ccc1Br.Cc1cc(C(=O)N(C)C)ccc1N1CCc2[nH]c(-c3c(F)cccc3F)cc2C1.Fc1cccc(F)c1-c1cc2c([nH]1)CCNC2.[B][BH3-]. The molecule has 2 aromatic heterocycles. The molecule has 0 aliphatic carbocycles. The zero-order chi connectivity index (χ0) is 44.5. The molecular formula is C46H50B2BrF4N6O2-. The van der Waals surface area contributed by atoms with Gasteiger partial charge in [-0.1, -0.05) is 35.8 Å². The van der Waals surface area contributed by atoms with Crippen LogP contribution in [0.2, 0.25) is 0 Å². The van der Waals surface area contributed by atoms with Crippen LogP contribution in [0.3, 0.4) is 0 Å². The quantitative estimate of drug-likeness (QED) is 0.121. The van der Waals surface area contributed by atoms with Crippen LogP contribution in [0.15, 0.2) is 89.4 Å². The van der Waals surface area contributed by atoms with Gasteiger partial charge in [0.1, 0.15) is 23.3 Å². The van der Waals surface area contributed by atoms with Gasteiger partial charge in [-0.3, -0.25) is 9.59 Å². The summed E-state index contributed by atoms with van der Waals surface area (Å²) in [5.41, 5.74) is 9.76. The van der Waals surface area contributed by atoms with Crippen molar-refractivity contribution in [3.63, 3.8) is 0 Å². The monoisotopic (exact) mass is 895 g/mol. The number of H-pyrrole nitrogens is 2. The fraction of sp³-hybridized carbons (Fsp3) is 0.261. The van der Waals surface area contributed by atoms with Crippen molar-refractivity contribution < 1.29 is 27.2 Å². The lowest BCUT2D eigenvalue weighted by molar-refractivity contribution is 0.0820. The van der Waals surface area contributed by atoms with Gasteiger partial charge in [0, 0.05) is 99.9 Å². The third kappa shape index (κ3) is 11.1. The van der Waals surface area contributed by atoms with Gasteiger partial charge in [0.05, 0.1) is 22.5 Å². The summed E-state index contributed by atoms with van der Waals surface area (Å²) >= 11 is 3.39. The van der Waals surface area contributed by atoms with E-state index in [0.29, 0.717) is 23.5 Å². The Labute approximate surface area is 365 Å². The first-order valence-corrected chi connectivity index (χ1v) is 20.0.